The van der Waals surface area contributed by atoms with Gasteiger partial charge < -0.3 is 10.6 Å². The van der Waals surface area contributed by atoms with Gasteiger partial charge in [-0.25, -0.2) is 0 Å². The molecule has 1 amide bonds. The highest BCUT2D eigenvalue weighted by Gasteiger charge is 2.20. The molecule has 1 fully saturated rings. The Labute approximate surface area is 127 Å². The fourth-order valence-electron chi connectivity index (χ4n) is 2.55. The molecule has 2 N–H and O–H groups in total. The Kier molecular flexibility index (Phi) is 6.46. The van der Waals surface area contributed by atoms with Crippen LogP contribution in [0, 0.1) is 13.8 Å². The Morgan fingerprint density at radius 1 is 1.35 bits per heavy atom. The summed E-state index contributed by atoms with van der Waals surface area (Å²) in [4.78, 5) is 14.3. The molecule has 1 aromatic carbocycles. The van der Waals surface area contributed by atoms with Gasteiger partial charge in [-0.2, -0.15) is 0 Å². The van der Waals surface area contributed by atoms with E-state index >= 15 is 0 Å². The number of nitrogens with zero attached hydrogens (tertiary/aromatic N) is 1. The molecule has 112 valence electrons. The minimum absolute atomic E-state index is 0. The topological polar surface area (TPSA) is 44.4 Å². The van der Waals surface area contributed by atoms with Crippen LogP contribution in [0.25, 0.3) is 0 Å². The van der Waals surface area contributed by atoms with Crippen LogP contribution in [0.4, 0.5) is 5.69 Å². The predicted molar refractivity (Wildman–Crippen MR) is 85.7 cm³/mol. The number of hydrogen-bond acceptors (Lipinski definition) is 3. The zero-order chi connectivity index (χ0) is 13.8. The van der Waals surface area contributed by atoms with E-state index in [-0.39, 0.29) is 18.3 Å². The first kappa shape index (κ1) is 17.0. The first-order chi connectivity index (χ1) is 9.04. The molecule has 0 spiro atoms. The summed E-state index contributed by atoms with van der Waals surface area (Å²) >= 11 is 0. The Balaban J connectivity index is 0.00000200. The smallest absolute Gasteiger partial charge is 0.238 e. The number of halogens is 1. The average molecular weight is 298 g/mol. The number of hydrogen-bond donors (Lipinski definition) is 2. The molecule has 0 bridgehead atoms. The van der Waals surface area contributed by atoms with E-state index in [2.05, 4.69) is 28.5 Å². The van der Waals surface area contributed by atoms with Crippen molar-refractivity contribution in [2.24, 2.45) is 0 Å². The fraction of sp³-hybridized carbons (Fsp3) is 0.533. The van der Waals surface area contributed by atoms with E-state index in [0.717, 1.165) is 25.3 Å². The minimum Gasteiger partial charge on any atom is -0.325 e. The van der Waals surface area contributed by atoms with Crippen molar-refractivity contribution in [1.29, 1.82) is 0 Å². The molecule has 4 nitrogen and oxygen atoms in total. The molecule has 0 aliphatic carbocycles. The maximum atomic E-state index is 12.1. The summed E-state index contributed by atoms with van der Waals surface area (Å²) in [5, 5.41) is 6.32. The normalized spacial score (nSPS) is 19.2. The molecule has 5 heteroatoms. The second-order valence-corrected chi connectivity index (χ2v) is 5.45. The Morgan fingerprint density at radius 2 is 2.00 bits per heavy atom. The largest absolute Gasteiger partial charge is 0.325 e. The summed E-state index contributed by atoms with van der Waals surface area (Å²) in [6, 6.07) is 6.53. The molecule has 0 radical (unpaired) electrons. The predicted octanol–water partition coefficient (Wildman–Crippen LogP) is 1.96. The molecule has 0 aromatic heterocycles. The number of rotatable bonds is 3. The third kappa shape index (κ3) is 4.78. The molecule has 1 atom stereocenters. The van der Waals surface area contributed by atoms with Crippen LogP contribution in [0.2, 0.25) is 0 Å². The second-order valence-electron chi connectivity index (χ2n) is 5.45. The number of anilines is 1. The van der Waals surface area contributed by atoms with E-state index in [1.54, 1.807) is 0 Å². The van der Waals surface area contributed by atoms with Crippen molar-refractivity contribution >= 4 is 24.0 Å². The molecule has 2 rings (SSSR count). The van der Waals surface area contributed by atoms with E-state index in [9.17, 15) is 4.79 Å². The summed E-state index contributed by atoms with van der Waals surface area (Å²) in [5.41, 5.74) is 3.24. The maximum absolute atomic E-state index is 12.1. The second kappa shape index (κ2) is 7.62. The molecule has 20 heavy (non-hydrogen) atoms. The Bertz CT molecular complexity index is 444. The van der Waals surface area contributed by atoms with Crippen LogP contribution in [0.5, 0.6) is 0 Å². The number of carbonyl (C=O) groups is 1. The van der Waals surface area contributed by atoms with E-state index in [0.29, 0.717) is 12.6 Å². The van der Waals surface area contributed by atoms with Gasteiger partial charge in [0.1, 0.15) is 0 Å². The Hall–Kier alpha value is -1.10. The fourth-order valence-corrected chi connectivity index (χ4v) is 2.55. The lowest BCUT2D eigenvalue weighted by atomic mass is 10.1. The number of aryl methyl sites for hydroxylation is 2. The van der Waals surface area contributed by atoms with Gasteiger partial charge in [0.15, 0.2) is 0 Å². The molecule has 1 heterocycles. The zero-order valence-corrected chi connectivity index (χ0v) is 13.2. The van der Waals surface area contributed by atoms with Crippen molar-refractivity contribution in [3.05, 3.63) is 29.3 Å². The van der Waals surface area contributed by atoms with Crippen LogP contribution in [0.3, 0.4) is 0 Å². The highest BCUT2D eigenvalue weighted by atomic mass is 35.5. The third-order valence-electron chi connectivity index (χ3n) is 3.49. The molecular formula is C15H24ClN3O. The maximum Gasteiger partial charge on any atom is 0.238 e. The van der Waals surface area contributed by atoms with Crippen molar-refractivity contribution in [3.8, 4) is 0 Å². The number of carbonyl (C=O) groups excluding carboxylic acids is 1. The molecule has 1 aliphatic rings. The van der Waals surface area contributed by atoms with Crippen molar-refractivity contribution in [3.63, 3.8) is 0 Å². The van der Waals surface area contributed by atoms with E-state index < -0.39 is 0 Å². The van der Waals surface area contributed by atoms with Crippen molar-refractivity contribution in [2.45, 2.75) is 26.8 Å². The number of amides is 1. The average Bonchev–Trinajstić information content (AvgIpc) is 2.30. The van der Waals surface area contributed by atoms with Gasteiger partial charge in [-0.3, -0.25) is 9.69 Å². The minimum atomic E-state index is 0. The molecule has 0 saturated carbocycles. The van der Waals surface area contributed by atoms with Crippen LogP contribution < -0.4 is 10.6 Å². The highest BCUT2D eigenvalue weighted by molar-refractivity contribution is 5.92. The molecular weight excluding hydrogens is 274 g/mol. The Morgan fingerprint density at radius 3 is 2.60 bits per heavy atom. The van der Waals surface area contributed by atoms with E-state index in [4.69, 9.17) is 0 Å². The van der Waals surface area contributed by atoms with Gasteiger partial charge in [-0.05, 0) is 44.0 Å². The highest BCUT2D eigenvalue weighted by Crippen LogP contribution is 2.14. The van der Waals surface area contributed by atoms with Gasteiger partial charge in [0.2, 0.25) is 5.91 Å². The third-order valence-corrected chi connectivity index (χ3v) is 3.49. The van der Waals surface area contributed by atoms with Gasteiger partial charge >= 0.3 is 0 Å². The lowest BCUT2D eigenvalue weighted by molar-refractivity contribution is -0.118. The summed E-state index contributed by atoms with van der Waals surface area (Å²) < 4.78 is 0. The first-order valence-electron chi connectivity index (χ1n) is 6.87. The van der Waals surface area contributed by atoms with E-state index in [1.165, 1.54) is 11.1 Å². The first-order valence-corrected chi connectivity index (χ1v) is 6.87. The van der Waals surface area contributed by atoms with Crippen molar-refractivity contribution in [1.82, 2.24) is 10.2 Å². The summed E-state index contributed by atoms with van der Waals surface area (Å²) in [6.45, 7) is 9.55. The van der Waals surface area contributed by atoms with Crippen LogP contribution in [0.1, 0.15) is 18.1 Å². The van der Waals surface area contributed by atoms with Crippen molar-refractivity contribution in [2.75, 3.05) is 31.5 Å². The van der Waals surface area contributed by atoms with Gasteiger partial charge in [0, 0.05) is 31.4 Å². The standard InChI is InChI=1S/C15H23N3O.ClH/c1-11-6-12(2)8-14(7-11)17-15(19)10-18-5-4-16-9-13(18)3;/h6-8,13,16H,4-5,9-10H2,1-3H3,(H,17,19);1H/t13-;/m1./s1. The van der Waals surface area contributed by atoms with Crippen molar-refractivity contribution < 1.29 is 4.79 Å². The lowest BCUT2D eigenvalue weighted by Crippen LogP contribution is -2.51. The lowest BCUT2D eigenvalue weighted by Gasteiger charge is -2.33. The summed E-state index contributed by atoms with van der Waals surface area (Å²) in [7, 11) is 0. The SMILES string of the molecule is Cc1cc(C)cc(NC(=O)CN2CCNC[C@H]2C)c1.Cl. The van der Waals surface area contributed by atoms with Gasteiger partial charge in [-0.15, -0.1) is 12.4 Å². The van der Waals surface area contributed by atoms with Crippen LogP contribution in [0.15, 0.2) is 18.2 Å². The number of benzene rings is 1. The number of nitrogens with one attached hydrogen (secondary N) is 2. The zero-order valence-electron chi connectivity index (χ0n) is 12.4. The van der Waals surface area contributed by atoms with Crippen LogP contribution in [-0.4, -0.2) is 43.0 Å². The molecule has 1 saturated heterocycles. The van der Waals surface area contributed by atoms with Gasteiger partial charge in [0.25, 0.3) is 0 Å². The van der Waals surface area contributed by atoms with Crippen LogP contribution >= 0.6 is 12.4 Å². The van der Waals surface area contributed by atoms with Gasteiger partial charge in [0.05, 0.1) is 6.54 Å². The molecule has 1 aliphatic heterocycles. The van der Waals surface area contributed by atoms with E-state index in [1.807, 2.05) is 26.0 Å². The monoisotopic (exact) mass is 297 g/mol. The number of piperazine rings is 1. The van der Waals surface area contributed by atoms with Crippen LogP contribution in [-0.2, 0) is 4.79 Å². The molecule has 1 aromatic rings. The van der Waals surface area contributed by atoms with Gasteiger partial charge in [-0.1, -0.05) is 6.07 Å². The quantitative estimate of drug-likeness (QED) is 0.896. The summed E-state index contributed by atoms with van der Waals surface area (Å²) in [6.07, 6.45) is 0. The summed E-state index contributed by atoms with van der Waals surface area (Å²) in [5.74, 6) is 0.0683. The molecule has 0 unspecified atom stereocenters.